The van der Waals surface area contributed by atoms with E-state index in [1.165, 1.54) is 0 Å². The number of fused-ring (bicyclic) bond motifs is 1. The highest BCUT2D eigenvalue weighted by atomic mass is 79.9. The lowest BCUT2D eigenvalue weighted by atomic mass is 10.1. The number of aromatic nitrogens is 3. The molecule has 0 aliphatic carbocycles. The first-order valence-corrected chi connectivity index (χ1v) is 10.4. The van der Waals surface area contributed by atoms with Gasteiger partial charge in [0.05, 0.1) is 36.5 Å². The Balaban J connectivity index is 1.71. The summed E-state index contributed by atoms with van der Waals surface area (Å²) in [6.07, 6.45) is 1.89. The van der Waals surface area contributed by atoms with Gasteiger partial charge in [0.15, 0.2) is 5.82 Å². The van der Waals surface area contributed by atoms with Gasteiger partial charge in [0.2, 0.25) is 0 Å². The third-order valence-electron chi connectivity index (χ3n) is 5.19. The number of hydrogen-bond acceptors (Lipinski definition) is 7. The van der Waals surface area contributed by atoms with E-state index in [4.69, 9.17) is 9.47 Å². The predicted molar refractivity (Wildman–Crippen MR) is 118 cm³/mol. The van der Waals surface area contributed by atoms with Crippen LogP contribution < -0.4 is 15.0 Å². The standard InChI is InChI=1S/C21H24BrN5O2/c1-13(15-5-4-6-18(22)20(15)28-3)24-21-16-11-19(27-7-9-29-10-8-27)23-12-17(16)14(2)25-26-21/h4-6,11-13H,7-10H2,1-3H3,(H,24,26). The van der Waals surface area contributed by atoms with E-state index in [0.717, 1.165) is 70.2 Å². The van der Waals surface area contributed by atoms with Crippen molar-refractivity contribution in [2.24, 2.45) is 0 Å². The number of pyridine rings is 1. The van der Waals surface area contributed by atoms with Crippen molar-refractivity contribution in [3.8, 4) is 5.75 Å². The van der Waals surface area contributed by atoms with E-state index in [1.54, 1.807) is 7.11 Å². The Morgan fingerprint density at radius 3 is 2.76 bits per heavy atom. The number of anilines is 2. The molecule has 1 N–H and O–H groups in total. The summed E-state index contributed by atoms with van der Waals surface area (Å²) < 4.78 is 12.0. The Bertz CT molecular complexity index is 1020. The molecule has 8 heteroatoms. The Labute approximate surface area is 178 Å². The van der Waals surface area contributed by atoms with Gasteiger partial charge in [-0.05, 0) is 41.9 Å². The summed E-state index contributed by atoms with van der Waals surface area (Å²) in [5.74, 6) is 2.48. The number of halogens is 1. The van der Waals surface area contributed by atoms with Gasteiger partial charge in [-0.15, -0.1) is 5.10 Å². The van der Waals surface area contributed by atoms with Gasteiger partial charge in [0.1, 0.15) is 11.6 Å². The van der Waals surface area contributed by atoms with Crippen molar-refractivity contribution in [2.75, 3.05) is 43.6 Å². The minimum Gasteiger partial charge on any atom is -0.495 e. The maximum Gasteiger partial charge on any atom is 0.157 e. The van der Waals surface area contributed by atoms with Gasteiger partial charge in [-0.1, -0.05) is 12.1 Å². The van der Waals surface area contributed by atoms with Crippen molar-refractivity contribution in [2.45, 2.75) is 19.9 Å². The average molecular weight is 458 g/mol. The number of para-hydroxylation sites is 1. The lowest BCUT2D eigenvalue weighted by Gasteiger charge is -2.28. The average Bonchev–Trinajstić information content (AvgIpc) is 2.76. The number of nitrogens with zero attached hydrogens (tertiary/aromatic N) is 4. The normalized spacial score (nSPS) is 15.4. The van der Waals surface area contributed by atoms with Crippen LogP contribution >= 0.6 is 15.9 Å². The van der Waals surface area contributed by atoms with E-state index in [9.17, 15) is 0 Å². The van der Waals surface area contributed by atoms with Crippen LogP contribution in [0.15, 0.2) is 34.9 Å². The number of nitrogens with one attached hydrogen (secondary N) is 1. The van der Waals surface area contributed by atoms with Crippen LogP contribution in [0.3, 0.4) is 0 Å². The summed E-state index contributed by atoms with van der Waals surface area (Å²) in [6, 6.07) is 8.08. The first-order valence-electron chi connectivity index (χ1n) is 9.63. The van der Waals surface area contributed by atoms with E-state index >= 15 is 0 Å². The number of benzene rings is 1. The fraction of sp³-hybridized carbons (Fsp3) is 0.381. The summed E-state index contributed by atoms with van der Waals surface area (Å²) >= 11 is 3.56. The molecule has 1 saturated heterocycles. The third kappa shape index (κ3) is 4.00. The Morgan fingerprint density at radius 1 is 1.21 bits per heavy atom. The van der Waals surface area contributed by atoms with Gasteiger partial charge in [0.25, 0.3) is 0 Å². The molecule has 2 aromatic heterocycles. The highest BCUT2D eigenvalue weighted by molar-refractivity contribution is 9.10. The smallest absolute Gasteiger partial charge is 0.157 e. The molecule has 7 nitrogen and oxygen atoms in total. The van der Waals surface area contributed by atoms with Gasteiger partial charge < -0.3 is 19.7 Å². The molecule has 0 saturated carbocycles. The second-order valence-electron chi connectivity index (χ2n) is 7.05. The topological polar surface area (TPSA) is 72.4 Å². The van der Waals surface area contributed by atoms with E-state index in [1.807, 2.05) is 31.3 Å². The minimum absolute atomic E-state index is 0.0253. The predicted octanol–water partition coefficient (Wildman–Crippen LogP) is 4.11. The number of morpholine rings is 1. The van der Waals surface area contributed by atoms with E-state index in [2.05, 4.69) is 54.3 Å². The van der Waals surface area contributed by atoms with Crippen LogP contribution in [0.5, 0.6) is 5.75 Å². The SMILES string of the molecule is COc1c(Br)cccc1C(C)Nc1nnc(C)c2cnc(N3CCOCC3)cc12. The van der Waals surface area contributed by atoms with Gasteiger partial charge in [-0.3, -0.25) is 0 Å². The molecule has 0 spiro atoms. The highest BCUT2D eigenvalue weighted by Gasteiger charge is 2.18. The second kappa shape index (κ2) is 8.51. The molecule has 1 aliphatic heterocycles. The van der Waals surface area contributed by atoms with Crippen LogP contribution in [-0.4, -0.2) is 48.6 Å². The van der Waals surface area contributed by atoms with Gasteiger partial charge in [0, 0.05) is 35.6 Å². The molecule has 0 radical (unpaired) electrons. The maximum atomic E-state index is 5.59. The summed E-state index contributed by atoms with van der Waals surface area (Å²) in [6.45, 7) is 7.16. The first-order chi connectivity index (χ1) is 14.1. The third-order valence-corrected chi connectivity index (χ3v) is 5.82. The van der Waals surface area contributed by atoms with Crippen LogP contribution in [0.4, 0.5) is 11.6 Å². The molecule has 3 heterocycles. The fourth-order valence-electron chi connectivity index (χ4n) is 3.60. The summed E-state index contributed by atoms with van der Waals surface area (Å²) in [5.41, 5.74) is 1.90. The molecular formula is C21H24BrN5O2. The molecule has 1 aliphatic rings. The van der Waals surface area contributed by atoms with Crippen LogP contribution in [0.25, 0.3) is 10.8 Å². The number of methoxy groups -OCH3 is 1. The van der Waals surface area contributed by atoms with Crippen molar-refractivity contribution >= 4 is 38.3 Å². The Kier molecular flexibility index (Phi) is 5.82. The number of aryl methyl sites for hydroxylation is 1. The monoisotopic (exact) mass is 457 g/mol. The van der Waals surface area contributed by atoms with Crippen molar-refractivity contribution in [3.63, 3.8) is 0 Å². The van der Waals surface area contributed by atoms with Gasteiger partial charge in [-0.25, -0.2) is 4.98 Å². The van der Waals surface area contributed by atoms with Crippen molar-refractivity contribution in [1.29, 1.82) is 0 Å². The quantitative estimate of drug-likeness (QED) is 0.617. The molecular weight excluding hydrogens is 434 g/mol. The Hall–Kier alpha value is -2.45. The maximum absolute atomic E-state index is 5.59. The molecule has 3 aromatic rings. The van der Waals surface area contributed by atoms with Gasteiger partial charge >= 0.3 is 0 Å². The minimum atomic E-state index is -0.0253. The molecule has 29 heavy (non-hydrogen) atoms. The highest BCUT2D eigenvalue weighted by Crippen LogP contribution is 2.35. The zero-order chi connectivity index (χ0) is 20.4. The van der Waals surface area contributed by atoms with E-state index < -0.39 is 0 Å². The largest absolute Gasteiger partial charge is 0.495 e. The summed E-state index contributed by atoms with van der Waals surface area (Å²) in [7, 11) is 1.68. The molecule has 4 rings (SSSR count). The first kappa shape index (κ1) is 19.8. The molecule has 1 unspecified atom stereocenters. The van der Waals surface area contributed by atoms with Crippen LogP contribution in [0, 0.1) is 6.92 Å². The molecule has 0 amide bonds. The van der Waals surface area contributed by atoms with E-state index in [0.29, 0.717) is 0 Å². The lowest BCUT2D eigenvalue weighted by molar-refractivity contribution is 0.122. The fourth-order valence-corrected chi connectivity index (χ4v) is 4.14. The lowest BCUT2D eigenvalue weighted by Crippen LogP contribution is -2.36. The van der Waals surface area contributed by atoms with Crippen LogP contribution in [0.2, 0.25) is 0 Å². The molecule has 152 valence electrons. The molecule has 1 atom stereocenters. The van der Waals surface area contributed by atoms with Crippen LogP contribution in [-0.2, 0) is 4.74 Å². The summed E-state index contributed by atoms with van der Waals surface area (Å²) in [4.78, 5) is 6.90. The summed E-state index contributed by atoms with van der Waals surface area (Å²) in [5, 5.41) is 14.3. The van der Waals surface area contributed by atoms with E-state index in [-0.39, 0.29) is 6.04 Å². The molecule has 0 bridgehead atoms. The van der Waals surface area contributed by atoms with Crippen molar-refractivity contribution in [1.82, 2.24) is 15.2 Å². The van der Waals surface area contributed by atoms with Crippen molar-refractivity contribution < 1.29 is 9.47 Å². The Morgan fingerprint density at radius 2 is 2.00 bits per heavy atom. The molecule has 1 fully saturated rings. The number of rotatable bonds is 5. The molecule has 1 aromatic carbocycles. The number of ether oxygens (including phenoxy) is 2. The van der Waals surface area contributed by atoms with Crippen LogP contribution in [0.1, 0.15) is 24.2 Å². The van der Waals surface area contributed by atoms with Gasteiger partial charge in [-0.2, -0.15) is 5.10 Å². The second-order valence-corrected chi connectivity index (χ2v) is 7.90. The van der Waals surface area contributed by atoms with Crippen molar-refractivity contribution in [3.05, 3.63) is 46.2 Å². The zero-order valence-corrected chi connectivity index (χ0v) is 18.4. The number of hydrogen-bond donors (Lipinski definition) is 1. The zero-order valence-electron chi connectivity index (χ0n) is 16.8.